The van der Waals surface area contributed by atoms with Gasteiger partial charge in [0.15, 0.2) is 0 Å². The summed E-state index contributed by atoms with van der Waals surface area (Å²) in [5.41, 5.74) is 1.81. The highest BCUT2D eigenvalue weighted by molar-refractivity contribution is 5.92. The molecule has 0 fully saturated rings. The summed E-state index contributed by atoms with van der Waals surface area (Å²) < 4.78 is 0. The number of rotatable bonds is 5. The SMILES string of the molecule is CC/C=C(\C)C(=O)NCc1ccc(C(=O)O)cc1. The van der Waals surface area contributed by atoms with Crippen molar-refractivity contribution in [2.75, 3.05) is 0 Å². The zero-order chi connectivity index (χ0) is 13.5. The molecule has 1 amide bonds. The predicted octanol–water partition coefficient (Wildman–Crippen LogP) is 2.36. The van der Waals surface area contributed by atoms with Crippen molar-refractivity contribution in [1.82, 2.24) is 5.32 Å². The number of allylic oxidation sites excluding steroid dienone is 1. The molecule has 0 aliphatic carbocycles. The van der Waals surface area contributed by atoms with Crippen LogP contribution in [-0.2, 0) is 11.3 Å². The lowest BCUT2D eigenvalue weighted by Crippen LogP contribution is -2.23. The molecule has 1 aromatic carbocycles. The number of amides is 1. The van der Waals surface area contributed by atoms with Gasteiger partial charge in [0.05, 0.1) is 5.56 Å². The summed E-state index contributed by atoms with van der Waals surface area (Å²) in [4.78, 5) is 22.3. The Bertz CT molecular complexity index is 460. The van der Waals surface area contributed by atoms with Gasteiger partial charge in [-0.3, -0.25) is 4.79 Å². The lowest BCUT2D eigenvalue weighted by molar-refractivity contribution is -0.117. The standard InChI is InChI=1S/C14H17NO3/c1-3-4-10(2)13(16)15-9-11-5-7-12(8-6-11)14(17)18/h4-8H,3,9H2,1-2H3,(H,15,16)(H,17,18)/b10-4+. The molecule has 1 aromatic rings. The minimum Gasteiger partial charge on any atom is -0.478 e. The van der Waals surface area contributed by atoms with E-state index in [1.807, 2.05) is 13.0 Å². The van der Waals surface area contributed by atoms with E-state index in [0.29, 0.717) is 12.1 Å². The molecule has 0 saturated carbocycles. The van der Waals surface area contributed by atoms with E-state index in [0.717, 1.165) is 12.0 Å². The summed E-state index contributed by atoms with van der Waals surface area (Å²) in [7, 11) is 0. The fraction of sp³-hybridized carbons (Fsp3) is 0.286. The van der Waals surface area contributed by atoms with E-state index in [9.17, 15) is 9.59 Å². The summed E-state index contributed by atoms with van der Waals surface area (Å²) >= 11 is 0. The first-order valence-electron chi connectivity index (χ1n) is 5.81. The number of aromatic carboxylic acids is 1. The van der Waals surface area contributed by atoms with E-state index in [1.54, 1.807) is 19.1 Å². The largest absolute Gasteiger partial charge is 0.478 e. The maximum Gasteiger partial charge on any atom is 0.335 e. The number of benzene rings is 1. The van der Waals surface area contributed by atoms with Crippen LogP contribution >= 0.6 is 0 Å². The minimum absolute atomic E-state index is 0.0980. The average Bonchev–Trinajstić information content (AvgIpc) is 2.36. The van der Waals surface area contributed by atoms with Crippen molar-refractivity contribution in [3.05, 3.63) is 47.0 Å². The number of hydrogen-bond acceptors (Lipinski definition) is 2. The molecule has 0 aliphatic heterocycles. The first kappa shape index (κ1) is 14.0. The second-order valence-electron chi connectivity index (χ2n) is 3.98. The van der Waals surface area contributed by atoms with Crippen LogP contribution in [-0.4, -0.2) is 17.0 Å². The normalized spacial score (nSPS) is 11.1. The minimum atomic E-state index is -0.952. The molecule has 0 heterocycles. The maximum atomic E-state index is 11.6. The zero-order valence-corrected chi connectivity index (χ0v) is 10.6. The Morgan fingerprint density at radius 1 is 1.28 bits per heavy atom. The third kappa shape index (κ3) is 4.05. The van der Waals surface area contributed by atoms with E-state index in [4.69, 9.17) is 5.11 Å². The van der Waals surface area contributed by atoms with E-state index in [-0.39, 0.29) is 11.5 Å². The van der Waals surface area contributed by atoms with Crippen LogP contribution in [0.25, 0.3) is 0 Å². The Labute approximate surface area is 106 Å². The monoisotopic (exact) mass is 247 g/mol. The fourth-order valence-corrected chi connectivity index (χ4v) is 1.49. The fourth-order valence-electron chi connectivity index (χ4n) is 1.49. The van der Waals surface area contributed by atoms with E-state index in [1.165, 1.54) is 12.1 Å². The van der Waals surface area contributed by atoms with E-state index >= 15 is 0 Å². The van der Waals surface area contributed by atoms with Crippen molar-refractivity contribution in [3.63, 3.8) is 0 Å². The molecule has 4 nitrogen and oxygen atoms in total. The summed E-state index contributed by atoms with van der Waals surface area (Å²) in [6.07, 6.45) is 2.69. The lowest BCUT2D eigenvalue weighted by Gasteiger charge is -2.05. The molecule has 96 valence electrons. The Hall–Kier alpha value is -2.10. The topological polar surface area (TPSA) is 66.4 Å². The van der Waals surface area contributed by atoms with Gasteiger partial charge in [-0.25, -0.2) is 4.79 Å². The lowest BCUT2D eigenvalue weighted by atomic mass is 10.1. The molecule has 1 rings (SSSR count). The highest BCUT2D eigenvalue weighted by atomic mass is 16.4. The molecule has 2 N–H and O–H groups in total. The summed E-state index contributed by atoms with van der Waals surface area (Å²) in [6.45, 7) is 4.14. The van der Waals surface area contributed by atoms with Crippen molar-refractivity contribution < 1.29 is 14.7 Å². The third-order valence-electron chi connectivity index (χ3n) is 2.52. The van der Waals surface area contributed by atoms with E-state index in [2.05, 4.69) is 5.32 Å². The highest BCUT2D eigenvalue weighted by Gasteiger charge is 2.04. The van der Waals surface area contributed by atoms with Gasteiger partial charge in [-0.05, 0) is 31.0 Å². The zero-order valence-electron chi connectivity index (χ0n) is 10.6. The summed E-state index contributed by atoms with van der Waals surface area (Å²) in [5.74, 6) is -1.05. The molecular formula is C14H17NO3. The van der Waals surface area contributed by atoms with Crippen LogP contribution in [0, 0.1) is 0 Å². The van der Waals surface area contributed by atoms with Gasteiger partial charge in [-0.2, -0.15) is 0 Å². The van der Waals surface area contributed by atoms with Crippen LogP contribution in [0.4, 0.5) is 0 Å². The van der Waals surface area contributed by atoms with Crippen LogP contribution in [0.1, 0.15) is 36.2 Å². The van der Waals surface area contributed by atoms with Gasteiger partial charge in [0.25, 0.3) is 0 Å². The Morgan fingerprint density at radius 2 is 1.89 bits per heavy atom. The number of nitrogens with one attached hydrogen (secondary N) is 1. The highest BCUT2D eigenvalue weighted by Crippen LogP contribution is 2.04. The number of carbonyl (C=O) groups is 2. The molecule has 18 heavy (non-hydrogen) atoms. The Kier molecular flexibility index (Phi) is 5.11. The van der Waals surface area contributed by atoms with Crippen LogP contribution < -0.4 is 5.32 Å². The molecule has 0 spiro atoms. The van der Waals surface area contributed by atoms with Crippen molar-refractivity contribution in [2.45, 2.75) is 26.8 Å². The first-order chi connectivity index (χ1) is 8.54. The second-order valence-corrected chi connectivity index (χ2v) is 3.98. The molecule has 0 radical (unpaired) electrons. The summed E-state index contributed by atoms with van der Waals surface area (Å²) in [6, 6.07) is 6.45. The Balaban J connectivity index is 2.56. The Morgan fingerprint density at radius 3 is 2.39 bits per heavy atom. The number of hydrogen-bond donors (Lipinski definition) is 2. The van der Waals surface area contributed by atoms with Crippen LogP contribution in [0.5, 0.6) is 0 Å². The molecule has 0 atom stereocenters. The van der Waals surface area contributed by atoms with Gasteiger partial charge in [0.2, 0.25) is 5.91 Å². The summed E-state index contributed by atoms with van der Waals surface area (Å²) in [5, 5.41) is 11.5. The van der Waals surface area contributed by atoms with Crippen molar-refractivity contribution >= 4 is 11.9 Å². The quantitative estimate of drug-likeness (QED) is 0.785. The molecular weight excluding hydrogens is 230 g/mol. The molecule has 4 heteroatoms. The van der Waals surface area contributed by atoms with Crippen molar-refractivity contribution in [3.8, 4) is 0 Å². The van der Waals surface area contributed by atoms with Crippen LogP contribution in [0.15, 0.2) is 35.9 Å². The number of carboxylic acid groups (broad SMARTS) is 1. The second kappa shape index (κ2) is 6.59. The number of carbonyl (C=O) groups excluding carboxylic acids is 1. The van der Waals surface area contributed by atoms with Crippen molar-refractivity contribution in [2.24, 2.45) is 0 Å². The van der Waals surface area contributed by atoms with Gasteiger partial charge in [0, 0.05) is 12.1 Å². The molecule has 0 unspecified atom stereocenters. The van der Waals surface area contributed by atoms with Gasteiger partial charge in [0.1, 0.15) is 0 Å². The van der Waals surface area contributed by atoms with Gasteiger partial charge >= 0.3 is 5.97 Å². The van der Waals surface area contributed by atoms with Crippen molar-refractivity contribution in [1.29, 1.82) is 0 Å². The van der Waals surface area contributed by atoms with Gasteiger partial charge < -0.3 is 10.4 Å². The predicted molar refractivity (Wildman–Crippen MR) is 69.3 cm³/mol. The smallest absolute Gasteiger partial charge is 0.335 e. The van der Waals surface area contributed by atoms with Crippen LogP contribution in [0.3, 0.4) is 0 Å². The third-order valence-corrected chi connectivity index (χ3v) is 2.52. The average molecular weight is 247 g/mol. The van der Waals surface area contributed by atoms with Crippen LogP contribution in [0.2, 0.25) is 0 Å². The molecule has 0 aromatic heterocycles. The maximum absolute atomic E-state index is 11.6. The molecule has 0 bridgehead atoms. The first-order valence-corrected chi connectivity index (χ1v) is 5.81. The van der Waals surface area contributed by atoms with Gasteiger partial charge in [-0.15, -0.1) is 0 Å². The molecule has 0 aliphatic rings. The van der Waals surface area contributed by atoms with Gasteiger partial charge in [-0.1, -0.05) is 25.1 Å². The molecule has 0 saturated heterocycles. The number of carboxylic acids is 1. The van der Waals surface area contributed by atoms with E-state index < -0.39 is 5.97 Å².